The summed E-state index contributed by atoms with van der Waals surface area (Å²) in [6.07, 6.45) is 1.70. The summed E-state index contributed by atoms with van der Waals surface area (Å²) < 4.78 is 5.60. The van der Waals surface area contributed by atoms with Gasteiger partial charge in [-0.05, 0) is 48.5 Å². The number of carboxylic acids is 1. The number of amides is 1. The Balaban J connectivity index is 1.97. The number of nitrogens with one attached hydrogen (secondary N) is 1. The summed E-state index contributed by atoms with van der Waals surface area (Å²) in [6, 6.07) is 15.3. The molecule has 0 unspecified atom stereocenters. The van der Waals surface area contributed by atoms with Crippen LogP contribution >= 0.6 is 0 Å². The third kappa shape index (κ3) is 5.02. The first-order chi connectivity index (χ1) is 11.1. The third-order valence-electron chi connectivity index (χ3n) is 2.72. The zero-order chi connectivity index (χ0) is 16.7. The van der Waals surface area contributed by atoms with Crippen LogP contribution in [0.5, 0.6) is 11.5 Å². The van der Waals surface area contributed by atoms with Crippen molar-refractivity contribution in [3.05, 3.63) is 66.2 Å². The van der Waals surface area contributed by atoms with E-state index in [-0.39, 0.29) is 0 Å². The van der Waals surface area contributed by atoms with E-state index >= 15 is 0 Å². The monoisotopic (exact) mass is 308 g/mol. The molecule has 2 N–H and O–H groups in total. The second kappa shape index (κ2) is 7.43. The summed E-state index contributed by atoms with van der Waals surface area (Å²) >= 11 is 0. The molecule has 0 heterocycles. The van der Waals surface area contributed by atoms with Gasteiger partial charge in [-0.25, -0.2) is 4.79 Å². The Morgan fingerprint density at radius 2 is 1.57 bits per heavy atom. The van der Waals surface area contributed by atoms with Crippen LogP contribution in [0.4, 0.5) is 5.69 Å². The molecule has 114 valence electrons. The average Bonchev–Trinajstić information content (AvgIpc) is 2.55. The van der Waals surface area contributed by atoms with Crippen molar-refractivity contribution in [1.82, 2.24) is 0 Å². The van der Waals surface area contributed by atoms with E-state index in [1.807, 2.05) is 6.07 Å². The molecule has 6 heteroatoms. The van der Waals surface area contributed by atoms with E-state index in [1.165, 1.54) is 0 Å². The number of carbonyl (C=O) groups excluding carboxylic acids is 1. The highest BCUT2D eigenvalue weighted by Gasteiger charge is 2.01. The maximum absolute atomic E-state index is 11.4. The Morgan fingerprint density at radius 1 is 1.00 bits per heavy atom. The van der Waals surface area contributed by atoms with Crippen LogP contribution in [0.25, 0.3) is 0 Å². The van der Waals surface area contributed by atoms with Crippen molar-refractivity contribution in [1.29, 1.82) is 5.26 Å². The molecule has 0 aliphatic heterocycles. The van der Waals surface area contributed by atoms with Gasteiger partial charge in [-0.1, -0.05) is 0 Å². The van der Waals surface area contributed by atoms with Crippen molar-refractivity contribution in [3.63, 3.8) is 0 Å². The molecule has 0 atom stereocenters. The van der Waals surface area contributed by atoms with E-state index in [4.69, 9.17) is 15.1 Å². The van der Waals surface area contributed by atoms with Crippen molar-refractivity contribution in [2.24, 2.45) is 0 Å². The lowest BCUT2D eigenvalue weighted by Crippen LogP contribution is -2.08. The topological polar surface area (TPSA) is 99.4 Å². The number of hydrogen-bond acceptors (Lipinski definition) is 4. The highest BCUT2D eigenvalue weighted by Crippen LogP contribution is 2.23. The maximum Gasteiger partial charge on any atom is 0.328 e. The normalized spacial score (nSPS) is 10.0. The molecule has 2 aromatic carbocycles. The first-order valence-electron chi connectivity index (χ1n) is 6.57. The number of carbonyl (C=O) groups is 2. The fourth-order valence-electron chi connectivity index (χ4n) is 1.67. The van der Waals surface area contributed by atoms with Crippen molar-refractivity contribution < 1.29 is 19.4 Å². The average molecular weight is 308 g/mol. The van der Waals surface area contributed by atoms with E-state index < -0.39 is 11.9 Å². The van der Waals surface area contributed by atoms with Crippen LogP contribution in [0.2, 0.25) is 0 Å². The van der Waals surface area contributed by atoms with Gasteiger partial charge in [0.25, 0.3) is 0 Å². The fraction of sp³-hybridized carbons (Fsp3) is 0. The number of nitriles is 1. The van der Waals surface area contributed by atoms with E-state index in [0.29, 0.717) is 22.7 Å². The number of ether oxygens (including phenoxy) is 1. The fourth-order valence-corrected chi connectivity index (χ4v) is 1.67. The zero-order valence-corrected chi connectivity index (χ0v) is 11.9. The lowest BCUT2D eigenvalue weighted by Gasteiger charge is -2.07. The molecule has 23 heavy (non-hydrogen) atoms. The van der Waals surface area contributed by atoms with Crippen LogP contribution in [-0.4, -0.2) is 17.0 Å². The molecular weight excluding hydrogens is 296 g/mol. The highest BCUT2D eigenvalue weighted by molar-refractivity contribution is 6.02. The minimum atomic E-state index is -1.19. The summed E-state index contributed by atoms with van der Waals surface area (Å²) in [7, 11) is 0. The summed E-state index contributed by atoms with van der Waals surface area (Å²) in [5.74, 6) is -0.571. The van der Waals surface area contributed by atoms with E-state index in [9.17, 15) is 9.59 Å². The van der Waals surface area contributed by atoms with E-state index in [0.717, 1.165) is 12.2 Å². The second-order valence-corrected chi connectivity index (χ2v) is 4.42. The summed E-state index contributed by atoms with van der Waals surface area (Å²) in [6.45, 7) is 0. The predicted octanol–water partition coefficient (Wildman–Crippen LogP) is 2.93. The minimum Gasteiger partial charge on any atom is -0.478 e. The van der Waals surface area contributed by atoms with Crippen molar-refractivity contribution >= 4 is 17.6 Å². The molecule has 0 bridgehead atoms. The summed E-state index contributed by atoms with van der Waals surface area (Å²) in [5.41, 5.74) is 1.06. The van der Waals surface area contributed by atoms with Crippen LogP contribution in [0.15, 0.2) is 60.7 Å². The van der Waals surface area contributed by atoms with Crippen molar-refractivity contribution in [2.75, 3.05) is 5.32 Å². The predicted molar refractivity (Wildman–Crippen MR) is 83.1 cm³/mol. The van der Waals surface area contributed by atoms with Gasteiger partial charge in [0, 0.05) is 17.8 Å². The smallest absolute Gasteiger partial charge is 0.328 e. The van der Waals surface area contributed by atoms with Crippen LogP contribution in [0.1, 0.15) is 5.56 Å². The van der Waals surface area contributed by atoms with Crippen LogP contribution < -0.4 is 10.1 Å². The molecule has 0 fully saturated rings. The lowest BCUT2D eigenvalue weighted by atomic mass is 10.2. The van der Waals surface area contributed by atoms with Gasteiger partial charge < -0.3 is 15.2 Å². The number of anilines is 1. The first-order valence-corrected chi connectivity index (χ1v) is 6.57. The lowest BCUT2D eigenvalue weighted by molar-refractivity contribution is -0.131. The van der Waals surface area contributed by atoms with E-state index in [1.54, 1.807) is 48.5 Å². The van der Waals surface area contributed by atoms with Gasteiger partial charge in [0.2, 0.25) is 5.91 Å². The van der Waals surface area contributed by atoms with Crippen molar-refractivity contribution in [3.8, 4) is 17.6 Å². The molecule has 0 aliphatic rings. The third-order valence-corrected chi connectivity index (χ3v) is 2.72. The van der Waals surface area contributed by atoms with Crippen molar-refractivity contribution in [2.45, 2.75) is 0 Å². The number of carboxylic acid groups (broad SMARTS) is 1. The largest absolute Gasteiger partial charge is 0.478 e. The van der Waals surface area contributed by atoms with Gasteiger partial charge in [0.1, 0.15) is 11.5 Å². The SMILES string of the molecule is N#Cc1ccc(Oc2ccc(NC(=O)C=CC(=O)O)cc2)cc1. The molecule has 6 nitrogen and oxygen atoms in total. The standard InChI is InChI=1S/C17H12N2O4/c18-11-12-1-5-14(6-2-12)23-15-7-3-13(4-8-15)19-16(20)9-10-17(21)22/h1-10H,(H,19,20)(H,21,22). The Bertz CT molecular complexity index is 772. The number of rotatable bonds is 5. The van der Waals surface area contributed by atoms with Gasteiger partial charge in [0.15, 0.2) is 0 Å². The molecule has 2 aromatic rings. The maximum atomic E-state index is 11.4. The van der Waals surface area contributed by atoms with Crippen LogP contribution in [0.3, 0.4) is 0 Å². The van der Waals surface area contributed by atoms with Gasteiger partial charge >= 0.3 is 5.97 Å². The van der Waals surface area contributed by atoms with Crippen LogP contribution in [0, 0.1) is 11.3 Å². The molecule has 0 aromatic heterocycles. The molecule has 0 saturated heterocycles. The molecule has 0 radical (unpaired) electrons. The minimum absolute atomic E-state index is 0.511. The highest BCUT2D eigenvalue weighted by atomic mass is 16.5. The quantitative estimate of drug-likeness (QED) is 0.827. The van der Waals surface area contributed by atoms with Gasteiger partial charge in [-0.3, -0.25) is 4.79 Å². The van der Waals surface area contributed by atoms with Gasteiger partial charge in [0.05, 0.1) is 11.6 Å². The van der Waals surface area contributed by atoms with Gasteiger partial charge in [-0.2, -0.15) is 5.26 Å². The molecule has 2 rings (SSSR count). The number of benzene rings is 2. The molecular formula is C17H12N2O4. The van der Waals surface area contributed by atoms with Gasteiger partial charge in [-0.15, -0.1) is 0 Å². The molecule has 1 amide bonds. The molecule has 0 aliphatic carbocycles. The van der Waals surface area contributed by atoms with Crippen LogP contribution in [-0.2, 0) is 9.59 Å². The Kier molecular flexibility index (Phi) is 5.10. The Morgan fingerprint density at radius 3 is 2.09 bits per heavy atom. The zero-order valence-electron chi connectivity index (χ0n) is 11.9. The first kappa shape index (κ1) is 15.8. The Hall–Kier alpha value is -3.59. The molecule has 0 saturated carbocycles. The number of aliphatic carboxylic acids is 1. The summed E-state index contributed by atoms with van der Waals surface area (Å²) in [4.78, 5) is 21.7. The Labute approximate surface area is 132 Å². The number of hydrogen-bond donors (Lipinski definition) is 2. The van der Waals surface area contributed by atoms with E-state index in [2.05, 4.69) is 5.32 Å². The molecule has 0 spiro atoms. The second-order valence-electron chi connectivity index (χ2n) is 4.42. The summed E-state index contributed by atoms with van der Waals surface area (Å²) in [5, 5.41) is 19.7. The number of nitrogens with zero attached hydrogens (tertiary/aromatic N) is 1.